The third kappa shape index (κ3) is 4.66. The van der Waals surface area contributed by atoms with Crippen LogP contribution in [-0.2, 0) is 4.79 Å². The Balaban J connectivity index is 2.64. The molecule has 1 rings (SSSR count). The quantitative estimate of drug-likeness (QED) is 0.872. The van der Waals surface area contributed by atoms with E-state index in [0.29, 0.717) is 17.1 Å². The molecule has 0 aliphatic carbocycles. The predicted molar refractivity (Wildman–Crippen MR) is 75.3 cm³/mol. The molecule has 0 spiro atoms. The maximum Gasteiger partial charge on any atom is 0.241 e. The maximum absolute atomic E-state index is 11.8. The molecule has 5 heteroatoms. The van der Waals surface area contributed by atoms with Gasteiger partial charge >= 0.3 is 0 Å². The number of halogens is 2. The summed E-state index contributed by atoms with van der Waals surface area (Å²) < 4.78 is 0.860. The largest absolute Gasteiger partial charge is 0.323 e. The van der Waals surface area contributed by atoms with Crippen LogP contribution in [0.3, 0.4) is 0 Å². The molecule has 0 fully saturated rings. The smallest absolute Gasteiger partial charge is 0.241 e. The number of carbonyl (C=O) groups is 1. The molecule has 0 heterocycles. The Morgan fingerprint density at radius 1 is 1.59 bits per heavy atom. The molecule has 1 amide bonds. The van der Waals surface area contributed by atoms with E-state index in [0.717, 1.165) is 17.3 Å². The van der Waals surface area contributed by atoms with E-state index in [1.165, 1.54) is 0 Å². The standard InChI is InChI=1S/C12H16BrClN2O/c1-2-3-4-10(15)12(17)16-11-7-8(13)5-6-9(11)14/h5-7,10H,2-4,15H2,1H3,(H,16,17)/t10-/m0/s1. The fraction of sp³-hybridized carbons (Fsp3) is 0.417. The number of anilines is 1. The van der Waals surface area contributed by atoms with Gasteiger partial charge in [-0.3, -0.25) is 4.79 Å². The van der Waals surface area contributed by atoms with Gasteiger partial charge in [-0.25, -0.2) is 0 Å². The number of hydrogen-bond acceptors (Lipinski definition) is 2. The Morgan fingerprint density at radius 3 is 2.94 bits per heavy atom. The van der Waals surface area contributed by atoms with Gasteiger partial charge in [0.25, 0.3) is 0 Å². The van der Waals surface area contributed by atoms with E-state index in [9.17, 15) is 4.79 Å². The predicted octanol–water partition coefficient (Wildman–Crippen LogP) is 3.56. The number of nitrogens with one attached hydrogen (secondary N) is 1. The van der Waals surface area contributed by atoms with E-state index in [4.69, 9.17) is 17.3 Å². The fourth-order valence-electron chi connectivity index (χ4n) is 1.37. The van der Waals surface area contributed by atoms with Crippen LogP contribution in [0.25, 0.3) is 0 Å². The Hall–Kier alpha value is -0.580. The molecule has 3 N–H and O–H groups in total. The lowest BCUT2D eigenvalue weighted by Crippen LogP contribution is -2.35. The molecule has 1 atom stereocenters. The van der Waals surface area contributed by atoms with Crippen LogP contribution in [0.2, 0.25) is 5.02 Å². The third-order valence-electron chi connectivity index (χ3n) is 2.39. The fourth-order valence-corrected chi connectivity index (χ4v) is 1.90. The van der Waals surface area contributed by atoms with Gasteiger partial charge in [0.15, 0.2) is 0 Å². The second-order valence-electron chi connectivity index (χ2n) is 3.86. The summed E-state index contributed by atoms with van der Waals surface area (Å²) >= 11 is 9.30. The van der Waals surface area contributed by atoms with Gasteiger partial charge in [-0.1, -0.05) is 47.3 Å². The van der Waals surface area contributed by atoms with Crippen molar-refractivity contribution in [1.82, 2.24) is 0 Å². The van der Waals surface area contributed by atoms with Crippen LogP contribution in [0.5, 0.6) is 0 Å². The van der Waals surface area contributed by atoms with Crippen molar-refractivity contribution < 1.29 is 4.79 Å². The minimum absolute atomic E-state index is 0.196. The van der Waals surface area contributed by atoms with Crippen LogP contribution in [0.4, 0.5) is 5.69 Å². The number of rotatable bonds is 5. The summed E-state index contributed by atoms with van der Waals surface area (Å²) in [6.45, 7) is 2.07. The summed E-state index contributed by atoms with van der Waals surface area (Å²) in [5.41, 5.74) is 6.35. The van der Waals surface area contributed by atoms with Gasteiger partial charge in [0.05, 0.1) is 16.8 Å². The molecule has 0 bridgehead atoms. The number of hydrogen-bond donors (Lipinski definition) is 2. The van der Waals surface area contributed by atoms with Crippen LogP contribution in [0.1, 0.15) is 26.2 Å². The first-order valence-electron chi connectivity index (χ1n) is 5.56. The summed E-state index contributed by atoms with van der Waals surface area (Å²) in [4.78, 5) is 11.8. The SMILES string of the molecule is CCCC[C@H](N)C(=O)Nc1cc(Br)ccc1Cl. The molecule has 0 saturated carbocycles. The second kappa shape index (κ2) is 6.99. The van der Waals surface area contributed by atoms with Gasteiger partial charge in [0.2, 0.25) is 5.91 Å². The highest BCUT2D eigenvalue weighted by Crippen LogP contribution is 2.25. The van der Waals surface area contributed by atoms with Crippen LogP contribution in [-0.4, -0.2) is 11.9 Å². The lowest BCUT2D eigenvalue weighted by molar-refractivity contribution is -0.117. The van der Waals surface area contributed by atoms with Gasteiger partial charge in [-0.15, -0.1) is 0 Å². The van der Waals surface area contributed by atoms with E-state index in [1.54, 1.807) is 12.1 Å². The Kier molecular flexibility index (Phi) is 5.95. The molecule has 94 valence electrons. The van der Waals surface area contributed by atoms with Gasteiger partial charge in [-0.2, -0.15) is 0 Å². The Morgan fingerprint density at radius 2 is 2.29 bits per heavy atom. The van der Waals surface area contributed by atoms with Crippen molar-refractivity contribution >= 4 is 39.1 Å². The molecule has 0 aliphatic heterocycles. The molecular weight excluding hydrogens is 304 g/mol. The summed E-state index contributed by atoms with van der Waals surface area (Å²) in [5, 5.41) is 3.24. The zero-order chi connectivity index (χ0) is 12.8. The number of amides is 1. The maximum atomic E-state index is 11.8. The molecule has 0 aromatic heterocycles. The number of unbranched alkanes of at least 4 members (excludes halogenated alkanes) is 1. The van der Waals surface area contributed by atoms with Crippen molar-refractivity contribution in [3.63, 3.8) is 0 Å². The van der Waals surface area contributed by atoms with Crippen LogP contribution >= 0.6 is 27.5 Å². The molecule has 1 aromatic rings. The Bertz CT molecular complexity index is 398. The van der Waals surface area contributed by atoms with Crippen molar-refractivity contribution in [2.75, 3.05) is 5.32 Å². The first kappa shape index (κ1) is 14.5. The topological polar surface area (TPSA) is 55.1 Å². The minimum Gasteiger partial charge on any atom is -0.323 e. The van der Waals surface area contributed by atoms with Gasteiger partial charge < -0.3 is 11.1 Å². The average molecular weight is 320 g/mol. The summed E-state index contributed by atoms with van der Waals surface area (Å²) in [6, 6.07) is 4.81. The normalized spacial score (nSPS) is 12.2. The number of benzene rings is 1. The number of carbonyl (C=O) groups excluding carboxylic acids is 1. The third-order valence-corrected chi connectivity index (χ3v) is 3.21. The zero-order valence-electron chi connectivity index (χ0n) is 9.67. The minimum atomic E-state index is -0.481. The van der Waals surface area contributed by atoms with E-state index in [-0.39, 0.29) is 5.91 Å². The highest BCUT2D eigenvalue weighted by atomic mass is 79.9. The van der Waals surface area contributed by atoms with Crippen molar-refractivity contribution in [2.24, 2.45) is 5.73 Å². The molecule has 0 radical (unpaired) electrons. The van der Waals surface area contributed by atoms with E-state index in [1.807, 2.05) is 6.07 Å². The highest BCUT2D eigenvalue weighted by Gasteiger charge is 2.14. The van der Waals surface area contributed by atoms with Crippen molar-refractivity contribution in [2.45, 2.75) is 32.2 Å². The van der Waals surface area contributed by atoms with Crippen molar-refractivity contribution in [3.8, 4) is 0 Å². The van der Waals surface area contributed by atoms with Crippen molar-refractivity contribution in [1.29, 1.82) is 0 Å². The molecule has 3 nitrogen and oxygen atoms in total. The summed E-state index contributed by atoms with van der Waals surface area (Å²) in [5.74, 6) is -0.196. The van der Waals surface area contributed by atoms with Gasteiger partial charge in [0, 0.05) is 4.47 Å². The van der Waals surface area contributed by atoms with Crippen LogP contribution in [0.15, 0.2) is 22.7 Å². The molecule has 0 saturated heterocycles. The molecule has 0 unspecified atom stereocenters. The van der Waals surface area contributed by atoms with Gasteiger partial charge in [0.1, 0.15) is 0 Å². The lowest BCUT2D eigenvalue weighted by Gasteiger charge is -2.12. The monoisotopic (exact) mass is 318 g/mol. The highest BCUT2D eigenvalue weighted by molar-refractivity contribution is 9.10. The molecule has 17 heavy (non-hydrogen) atoms. The first-order valence-corrected chi connectivity index (χ1v) is 6.73. The van der Waals surface area contributed by atoms with Crippen molar-refractivity contribution in [3.05, 3.63) is 27.7 Å². The average Bonchev–Trinajstić information content (AvgIpc) is 2.30. The van der Waals surface area contributed by atoms with Gasteiger partial charge in [-0.05, 0) is 24.6 Å². The lowest BCUT2D eigenvalue weighted by atomic mass is 10.1. The molecular formula is C12H16BrClN2O. The summed E-state index contributed by atoms with van der Waals surface area (Å²) in [6.07, 6.45) is 2.66. The Labute approximate surface area is 115 Å². The first-order chi connectivity index (χ1) is 8.04. The number of nitrogens with two attached hydrogens (primary N) is 1. The van der Waals surface area contributed by atoms with E-state index >= 15 is 0 Å². The van der Waals surface area contributed by atoms with E-state index < -0.39 is 6.04 Å². The van der Waals surface area contributed by atoms with Crippen LogP contribution < -0.4 is 11.1 Å². The zero-order valence-corrected chi connectivity index (χ0v) is 12.0. The molecule has 1 aromatic carbocycles. The molecule has 0 aliphatic rings. The summed E-state index contributed by atoms with van der Waals surface area (Å²) in [7, 11) is 0. The van der Waals surface area contributed by atoms with E-state index in [2.05, 4.69) is 28.2 Å². The second-order valence-corrected chi connectivity index (χ2v) is 5.19. The van der Waals surface area contributed by atoms with Crippen LogP contribution in [0, 0.1) is 0 Å².